The molecule has 0 unspecified atom stereocenters. The average Bonchev–Trinajstić information content (AvgIpc) is 2.69. The molecule has 1 N–H and O–H groups in total. The summed E-state index contributed by atoms with van der Waals surface area (Å²) in [6.07, 6.45) is 15.1. The van der Waals surface area contributed by atoms with Crippen molar-refractivity contribution in [3.63, 3.8) is 0 Å². The van der Waals surface area contributed by atoms with Crippen LogP contribution in [0.15, 0.2) is 0 Å². The van der Waals surface area contributed by atoms with Gasteiger partial charge in [0.1, 0.15) is 0 Å². The number of aliphatic hydroxyl groups excluding tert-OH is 1. The van der Waals surface area contributed by atoms with E-state index in [9.17, 15) is 5.11 Å². The second-order valence-electron chi connectivity index (χ2n) is 15.5. The summed E-state index contributed by atoms with van der Waals surface area (Å²) < 4.78 is 0. The zero-order valence-corrected chi connectivity index (χ0v) is 22.1. The molecule has 0 saturated heterocycles. The lowest BCUT2D eigenvalue weighted by Crippen LogP contribution is -2.67. The third kappa shape index (κ3) is 2.77. The number of hydrogen-bond acceptors (Lipinski definition) is 1. The predicted molar refractivity (Wildman–Crippen MR) is 131 cm³/mol. The van der Waals surface area contributed by atoms with Crippen LogP contribution < -0.4 is 0 Å². The molecular formula is C30H52O. The van der Waals surface area contributed by atoms with E-state index in [1.54, 1.807) is 0 Å². The quantitative estimate of drug-likeness (QED) is 0.412. The van der Waals surface area contributed by atoms with Crippen LogP contribution in [0.2, 0.25) is 0 Å². The van der Waals surface area contributed by atoms with Gasteiger partial charge in [-0.05, 0) is 127 Å². The van der Waals surface area contributed by atoms with Gasteiger partial charge in [0.05, 0.1) is 6.10 Å². The van der Waals surface area contributed by atoms with E-state index >= 15 is 0 Å². The molecule has 5 rings (SSSR count). The lowest BCUT2D eigenvalue weighted by molar-refractivity contribution is -0.263. The second kappa shape index (κ2) is 6.55. The van der Waals surface area contributed by atoms with E-state index in [-0.39, 0.29) is 6.10 Å². The Morgan fingerprint density at radius 2 is 1.19 bits per heavy atom. The van der Waals surface area contributed by atoms with Crippen LogP contribution in [0, 0.1) is 56.2 Å². The Labute approximate surface area is 193 Å². The standard InChI is InChI=1S/C30H52O/c1-20-21(31)9-10-22-27(20,5)12-11-23-28(22,6)16-18-30(8)24-19-25(2,3)13-14-26(24,4)15-17-29(23,30)7/h20-24,31H,9-19H2,1-8H3/t20-,21+,22-,23-,24+,26+,27+,28-,29+,30+/m0/s1. The fraction of sp³-hybridized carbons (Fsp3) is 1.00. The highest BCUT2D eigenvalue weighted by Gasteiger charge is 2.70. The smallest absolute Gasteiger partial charge is 0.0571 e. The first kappa shape index (κ1) is 22.7. The van der Waals surface area contributed by atoms with E-state index in [0.29, 0.717) is 38.4 Å². The number of hydrogen-bond donors (Lipinski definition) is 1. The molecule has 0 amide bonds. The Balaban J connectivity index is 1.54. The van der Waals surface area contributed by atoms with Crippen molar-refractivity contribution in [3.05, 3.63) is 0 Å². The molecule has 31 heavy (non-hydrogen) atoms. The highest BCUT2D eigenvalue weighted by Crippen LogP contribution is 2.78. The molecule has 5 aliphatic carbocycles. The van der Waals surface area contributed by atoms with Crippen LogP contribution in [0.4, 0.5) is 0 Å². The van der Waals surface area contributed by atoms with Gasteiger partial charge in [0.25, 0.3) is 0 Å². The van der Waals surface area contributed by atoms with Crippen molar-refractivity contribution in [2.45, 2.75) is 132 Å². The molecule has 0 aliphatic heterocycles. The predicted octanol–water partition coefficient (Wildman–Crippen LogP) is 8.25. The molecule has 0 aromatic heterocycles. The summed E-state index contributed by atoms with van der Waals surface area (Å²) >= 11 is 0. The monoisotopic (exact) mass is 428 g/mol. The van der Waals surface area contributed by atoms with Gasteiger partial charge in [0.15, 0.2) is 0 Å². The number of aliphatic hydroxyl groups is 1. The summed E-state index contributed by atoms with van der Waals surface area (Å²) in [6, 6.07) is 0. The van der Waals surface area contributed by atoms with E-state index in [1.807, 2.05) is 0 Å². The summed E-state index contributed by atoms with van der Waals surface area (Å²) in [6.45, 7) is 20.9. The maximum absolute atomic E-state index is 10.7. The third-order valence-corrected chi connectivity index (χ3v) is 13.9. The van der Waals surface area contributed by atoms with Crippen LogP contribution in [0.3, 0.4) is 0 Å². The fourth-order valence-corrected chi connectivity index (χ4v) is 11.4. The van der Waals surface area contributed by atoms with Gasteiger partial charge >= 0.3 is 0 Å². The van der Waals surface area contributed by atoms with Gasteiger partial charge in [-0.2, -0.15) is 0 Å². The van der Waals surface area contributed by atoms with Gasteiger partial charge < -0.3 is 5.11 Å². The molecule has 0 spiro atoms. The van der Waals surface area contributed by atoms with Crippen molar-refractivity contribution in [1.29, 1.82) is 0 Å². The molecule has 10 atom stereocenters. The lowest BCUT2D eigenvalue weighted by atomic mass is 9.30. The first-order valence-electron chi connectivity index (χ1n) is 13.9. The molecule has 0 aromatic carbocycles. The van der Waals surface area contributed by atoms with E-state index < -0.39 is 0 Å². The van der Waals surface area contributed by atoms with Crippen LogP contribution in [-0.4, -0.2) is 11.2 Å². The van der Waals surface area contributed by atoms with Crippen molar-refractivity contribution in [2.24, 2.45) is 56.2 Å². The maximum atomic E-state index is 10.7. The van der Waals surface area contributed by atoms with E-state index in [2.05, 4.69) is 55.4 Å². The Morgan fingerprint density at radius 1 is 0.581 bits per heavy atom. The zero-order valence-electron chi connectivity index (χ0n) is 22.1. The highest BCUT2D eigenvalue weighted by atomic mass is 16.3. The highest BCUT2D eigenvalue weighted by molar-refractivity contribution is 5.19. The molecule has 5 aliphatic rings. The van der Waals surface area contributed by atoms with Crippen molar-refractivity contribution in [3.8, 4) is 0 Å². The first-order chi connectivity index (χ1) is 14.2. The fourth-order valence-electron chi connectivity index (χ4n) is 11.4. The topological polar surface area (TPSA) is 20.2 Å². The minimum absolute atomic E-state index is 0.0781. The average molecular weight is 429 g/mol. The molecule has 5 fully saturated rings. The molecule has 1 nitrogen and oxygen atoms in total. The molecule has 5 saturated carbocycles. The molecule has 0 aromatic rings. The van der Waals surface area contributed by atoms with Gasteiger partial charge in [-0.25, -0.2) is 0 Å². The number of rotatable bonds is 0. The van der Waals surface area contributed by atoms with Crippen molar-refractivity contribution in [1.82, 2.24) is 0 Å². The zero-order chi connectivity index (χ0) is 22.7. The summed E-state index contributed by atoms with van der Waals surface area (Å²) in [5.41, 5.74) is 2.88. The summed E-state index contributed by atoms with van der Waals surface area (Å²) in [7, 11) is 0. The number of fused-ring (bicyclic) bond motifs is 7. The molecule has 0 radical (unpaired) electrons. The lowest BCUT2D eigenvalue weighted by Gasteiger charge is -2.75. The van der Waals surface area contributed by atoms with Crippen LogP contribution in [0.25, 0.3) is 0 Å². The second-order valence-corrected chi connectivity index (χ2v) is 15.5. The van der Waals surface area contributed by atoms with E-state index in [0.717, 1.165) is 24.2 Å². The minimum atomic E-state index is -0.0781. The molecule has 0 bridgehead atoms. The van der Waals surface area contributed by atoms with Crippen LogP contribution >= 0.6 is 0 Å². The third-order valence-electron chi connectivity index (χ3n) is 13.9. The minimum Gasteiger partial charge on any atom is -0.393 e. The van der Waals surface area contributed by atoms with Crippen molar-refractivity contribution >= 4 is 0 Å². The normalized spacial score (nSPS) is 60.9. The first-order valence-corrected chi connectivity index (χ1v) is 13.9. The summed E-state index contributed by atoms with van der Waals surface area (Å²) in [5, 5.41) is 10.7. The molecule has 178 valence electrons. The van der Waals surface area contributed by atoms with Gasteiger partial charge in [0, 0.05) is 0 Å². The van der Waals surface area contributed by atoms with Gasteiger partial charge in [-0.3, -0.25) is 0 Å². The Bertz CT molecular complexity index is 741. The van der Waals surface area contributed by atoms with Gasteiger partial charge in [0.2, 0.25) is 0 Å². The van der Waals surface area contributed by atoms with Gasteiger partial charge in [-0.15, -0.1) is 0 Å². The van der Waals surface area contributed by atoms with Crippen molar-refractivity contribution in [2.75, 3.05) is 0 Å². The van der Waals surface area contributed by atoms with Crippen molar-refractivity contribution < 1.29 is 5.11 Å². The maximum Gasteiger partial charge on any atom is 0.0571 e. The van der Waals surface area contributed by atoms with Crippen LogP contribution in [0.1, 0.15) is 126 Å². The summed E-state index contributed by atoms with van der Waals surface area (Å²) in [5.74, 6) is 3.02. The summed E-state index contributed by atoms with van der Waals surface area (Å²) in [4.78, 5) is 0. The Morgan fingerprint density at radius 3 is 1.90 bits per heavy atom. The molecule has 0 heterocycles. The van der Waals surface area contributed by atoms with E-state index in [1.165, 1.54) is 64.2 Å². The molecule has 1 heteroatoms. The van der Waals surface area contributed by atoms with Crippen LogP contribution in [0.5, 0.6) is 0 Å². The Kier molecular flexibility index (Phi) is 4.80. The Hall–Kier alpha value is -0.0400. The SMILES string of the molecule is C[C@H]1[C@H](O)CC[C@H]2[C@]1(C)CC[C@H]1[C@@]2(C)CC[C@]2(C)[C@@H]3CC(C)(C)CC[C@]3(C)CC[C@]12C. The van der Waals surface area contributed by atoms with Crippen LogP contribution in [-0.2, 0) is 0 Å². The van der Waals surface area contributed by atoms with E-state index in [4.69, 9.17) is 0 Å². The largest absolute Gasteiger partial charge is 0.393 e. The van der Waals surface area contributed by atoms with Gasteiger partial charge in [-0.1, -0.05) is 55.4 Å². The molecular weight excluding hydrogens is 376 g/mol.